The van der Waals surface area contributed by atoms with E-state index in [0.717, 1.165) is 53.3 Å². The number of morpholine rings is 1. The molecule has 1 amide bonds. The highest BCUT2D eigenvalue weighted by molar-refractivity contribution is 7.16. The number of fused-ring (bicyclic) bond motifs is 1. The number of phenols is 1. The standard InChI is InChI=1S/C33H40FN5O5S2/c1-20(2)27-17-36-30(45-27)31(42)39-11-12-44-33(19-39)6-9-38(10-7-33)18-22-13-21(14-23(34)15-22)5-8-35-16-26(41)24-3-4-25(40)28-29(24)46-32(43)37-28/h3-4,13-15,17,20,26,35,40-41H,5-12,16,18-19H2,1-2H3,(H,37,43)/t26-/m0/s1. The Morgan fingerprint density at radius 3 is 2.72 bits per heavy atom. The first-order valence-corrected chi connectivity index (χ1v) is 17.4. The molecule has 4 aromatic rings. The Hall–Kier alpha value is -3.20. The van der Waals surface area contributed by atoms with Crippen LogP contribution in [-0.4, -0.2) is 87.4 Å². The minimum atomic E-state index is -0.872. The number of aromatic nitrogens is 2. The number of thiazole rings is 2. The first kappa shape index (κ1) is 32.7. The second kappa shape index (κ2) is 13.9. The molecule has 2 aliphatic heterocycles. The third kappa shape index (κ3) is 7.35. The molecule has 0 unspecified atom stereocenters. The molecular weight excluding hydrogens is 630 g/mol. The average molecular weight is 670 g/mol. The smallest absolute Gasteiger partial charge is 0.305 e. The highest BCUT2D eigenvalue weighted by Gasteiger charge is 2.41. The molecule has 4 heterocycles. The van der Waals surface area contributed by atoms with Gasteiger partial charge in [-0.1, -0.05) is 37.3 Å². The number of ether oxygens (including phenoxy) is 1. The van der Waals surface area contributed by atoms with E-state index in [1.165, 1.54) is 17.4 Å². The van der Waals surface area contributed by atoms with Gasteiger partial charge in [0, 0.05) is 49.4 Å². The number of hydrogen-bond acceptors (Lipinski definition) is 10. The van der Waals surface area contributed by atoms with Crippen LogP contribution in [0.2, 0.25) is 0 Å². The molecule has 0 saturated carbocycles. The zero-order valence-electron chi connectivity index (χ0n) is 26.1. The van der Waals surface area contributed by atoms with E-state index in [1.54, 1.807) is 18.2 Å². The van der Waals surface area contributed by atoms with Crippen molar-refractivity contribution in [1.29, 1.82) is 0 Å². The Labute approximate surface area is 274 Å². The van der Waals surface area contributed by atoms with E-state index in [4.69, 9.17) is 4.74 Å². The van der Waals surface area contributed by atoms with Gasteiger partial charge in [-0.2, -0.15) is 0 Å². The second-order valence-electron chi connectivity index (χ2n) is 12.6. The van der Waals surface area contributed by atoms with Crippen molar-refractivity contribution in [2.24, 2.45) is 0 Å². The maximum absolute atomic E-state index is 14.6. The lowest BCUT2D eigenvalue weighted by Crippen LogP contribution is -2.57. The van der Waals surface area contributed by atoms with Crippen LogP contribution in [0.5, 0.6) is 5.75 Å². The van der Waals surface area contributed by atoms with Crippen LogP contribution >= 0.6 is 22.7 Å². The molecule has 1 atom stereocenters. The van der Waals surface area contributed by atoms with Crippen LogP contribution in [0.4, 0.5) is 4.39 Å². The number of aliphatic hydroxyl groups is 1. The van der Waals surface area contributed by atoms with E-state index in [-0.39, 0.29) is 34.5 Å². The lowest BCUT2D eigenvalue weighted by atomic mass is 9.89. The molecule has 10 nitrogen and oxygen atoms in total. The van der Waals surface area contributed by atoms with E-state index in [2.05, 4.69) is 34.0 Å². The highest BCUT2D eigenvalue weighted by Crippen LogP contribution is 2.33. The van der Waals surface area contributed by atoms with Crippen molar-refractivity contribution < 1.29 is 24.1 Å². The van der Waals surface area contributed by atoms with Crippen molar-refractivity contribution in [2.45, 2.75) is 57.3 Å². The molecule has 46 heavy (non-hydrogen) atoms. The van der Waals surface area contributed by atoms with Gasteiger partial charge in [-0.3, -0.25) is 14.5 Å². The molecular formula is C33H40FN5O5S2. The zero-order valence-corrected chi connectivity index (χ0v) is 27.7. The number of amides is 1. The van der Waals surface area contributed by atoms with Gasteiger partial charge in [0.05, 0.1) is 29.6 Å². The minimum Gasteiger partial charge on any atom is -0.506 e. The Bertz CT molecular complexity index is 1750. The normalized spacial score (nSPS) is 17.7. The summed E-state index contributed by atoms with van der Waals surface area (Å²) in [6.07, 6.45) is 3.12. The van der Waals surface area contributed by atoms with Crippen LogP contribution in [0.3, 0.4) is 0 Å². The average Bonchev–Trinajstić information content (AvgIpc) is 3.68. The van der Waals surface area contributed by atoms with Gasteiger partial charge in [-0.15, -0.1) is 11.3 Å². The fraction of sp³-hybridized carbons (Fsp3) is 0.485. The first-order valence-electron chi connectivity index (χ1n) is 15.7. The maximum Gasteiger partial charge on any atom is 0.305 e. The van der Waals surface area contributed by atoms with Crippen LogP contribution < -0.4 is 10.2 Å². The molecule has 2 saturated heterocycles. The molecule has 0 aliphatic carbocycles. The highest BCUT2D eigenvalue weighted by atomic mass is 32.1. The van der Waals surface area contributed by atoms with Gasteiger partial charge in [-0.25, -0.2) is 9.37 Å². The van der Waals surface area contributed by atoms with Gasteiger partial charge in [0.2, 0.25) is 0 Å². The number of carbonyl (C=O) groups is 1. The Morgan fingerprint density at radius 1 is 1.17 bits per heavy atom. The van der Waals surface area contributed by atoms with Gasteiger partial charge in [0.15, 0.2) is 5.01 Å². The predicted octanol–water partition coefficient (Wildman–Crippen LogP) is 4.39. The number of H-pyrrole nitrogens is 1. The number of aromatic amines is 1. The molecule has 1 spiro atoms. The number of hydrogen-bond donors (Lipinski definition) is 4. The van der Waals surface area contributed by atoms with Crippen LogP contribution in [0.25, 0.3) is 10.2 Å². The zero-order chi connectivity index (χ0) is 32.4. The summed E-state index contributed by atoms with van der Waals surface area (Å²) in [4.78, 5) is 37.0. The molecule has 246 valence electrons. The van der Waals surface area contributed by atoms with Gasteiger partial charge < -0.3 is 30.2 Å². The fourth-order valence-electron chi connectivity index (χ4n) is 6.32. The monoisotopic (exact) mass is 669 g/mol. The van der Waals surface area contributed by atoms with Gasteiger partial charge >= 0.3 is 4.87 Å². The Balaban J connectivity index is 0.989. The number of halogens is 1. The number of aliphatic hydroxyl groups excluding tert-OH is 1. The molecule has 0 radical (unpaired) electrons. The first-order chi connectivity index (χ1) is 22.1. The lowest BCUT2D eigenvalue weighted by Gasteiger charge is -2.47. The predicted molar refractivity (Wildman–Crippen MR) is 177 cm³/mol. The molecule has 2 aromatic heterocycles. The topological polar surface area (TPSA) is 131 Å². The third-order valence-corrected chi connectivity index (χ3v) is 11.1. The third-order valence-electron chi connectivity index (χ3n) is 8.88. The largest absolute Gasteiger partial charge is 0.506 e. The van der Waals surface area contributed by atoms with Crippen molar-refractivity contribution in [2.75, 3.05) is 45.9 Å². The van der Waals surface area contributed by atoms with Crippen molar-refractivity contribution in [1.82, 2.24) is 25.1 Å². The number of benzene rings is 2. The molecule has 6 rings (SSSR count). The van der Waals surface area contributed by atoms with Gasteiger partial charge in [-0.05, 0) is 61.1 Å². The van der Waals surface area contributed by atoms with Crippen LogP contribution in [0.1, 0.15) is 70.1 Å². The lowest BCUT2D eigenvalue weighted by molar-refractivity contribution is -0.127. The van der Waals surface area contributed by atoms with E-state index >= 15 is 0 Å². The van der Waals surface area contributed by atoms with E-state index in [1.807, 2.05) is 17.2 Å². The number of nitrogens with one attached hydrogen (secondary N) is 2. The number of rotatable bonds is 10. The van der Waals surface area contributed by atoms with E-state index in [0.29, 0.717) is 65.9 Å². The van der Waals surface area contributed by atoms with Crippen LogP contribution in [0, 0.1) is 5.82 Å². The van der Waals surface area contributed by atoms with E-state index in [9.17, 15) is 24.2 Å². The number of carbonyl (C=O) groups excluding carboxylic acids is 1. The molecule has 2 aliphatic rings. The quantitative estimate of drug-likeness (QED) is 0.183. The van der Waals surface area contributed by atoms with Crippen molar-refractivity contribution in [3.8, 4) is 5.75 Å². The SMILES string of the molecule is CC(C)c1cnc(C(=O)N2CCOC3(CCN(Cc4cc(F)cc(CCNC[C@H](O)c5ccc(O)c6[nH]c(=O)sc56)c4)CC3)C2)s1. The fourth-order valence-corrected chi connectivity index (χ4v) is 8.13. The molecule has 13 heteroatoms. The molecule has 2 fully saturated rings. The summed E-state index contributed by atoms with van der Waals surface area (Å²) in [5.74, 6) is 0.0170. The molecule has 2 aromatic carbocycles. The summed E-state index contributed by atoms with van der Waals surface area (Å²) in [6, 6.07) is 8.24. The Kier molecular flexibility index (Phi) is 9.88. The minimum absolute atomic E-state index is 0.0186. The van der Waals surface area contributed by atoms with Gasteiger partial charge in [0.1, 0.15) is 17.1 Å². The number of nitrogens with zero attached hydrogens (tertiary/aromatic N) is 3. The number of piperidine rings is 1. The summed E-state index contributed by atoms with van der Waals surface area (Å²) in [5.41, 5.74) is 2.31. The second-order valence-corrected chi connectivity index (χ2v) is 14.6. The number of aromatic hydroxyl groups is 1. The van der Waals surface area contributed by atoms with Crippen molar-refractivity contribution in [3.63, 3.8) is 0 Å². The summed E-state index contributed by atoms with van der Waals surface area (Å²) in [6.45, 7) is 8.84. The molecule has 4 N–H and O–H groups in total. The number of likely N-dealkylation sites (tertiary alicyclic amines) is 1. The van der Waals surface area contributed by atoms with Gasteiger partial charge in [0.25, 0.3) is 5.91 Å². The summed E-state index contributed by atoms with van der Waals surface area (Å²) in [5, 5.41) is 24.5. The van der Waals surface area contributed by atoms with Crippen molar-refractivity contribution >= 4 is 38.8 Å². The van der Waals surface area contributed by atoms with Crippen LogP contribution in [0.15, 0.2) is 41.3 Å². The number of phenolic OH excluding ortho intramolecular Hbond substituents is 1. The summed E-state index contributed by atoms with van der Waals surface area (Å²) >= 11 is 2.43. The maximum atomic E-state index is 14.6. The van der Waals surface area contributed by atoms with Crippen LogP contribution in [-0.2, 0) is 17.7 Å². The molecule has 0 bridgehead atoms. The van der Waals surface area contributed by atoms with E-state index < -0.39 is 6.10 Å². The van der Waals surface area contributed by atoms with Crippen molar-refractivity contribution in [3.05, 3.63) is 78.6 Å². The summed E-state index contributed by atoms with van der Waals surface area (Å²) in [7, 11) is 0. The summed E-state index contributed by atoms with van der Waals surface area (Å²) < 4.78 is 21.4. The Morgan fingerprint density at radius 2 is 1.96 bits per heavy atom.